The molecular weight excluding hydrogens is 218 g/mol. The molecule has 0 radical (unpaired) electrons. The first-order valence-corrected chi connectivity index (χ1v) is 7.66. The Morgan fingerprint density at radius 2 is 2.38 bits per heavy atom. The average molecular weight is 241 g/mol. The highest BCUT2D eigenvalue weighted by molar-refractivity contribution is 7.98. The molecule has 2 nitrogen and oxygen atoms in total. The van der Waals surface area contributed by atoms with Crippen molar-refractivity contribution in [1.29, 1.82) is 5.26 Å². The van der Waals surface area contributed by atoms with Gasteiger partial charge in [-0.3, -0.25) is 0 Å². The molecule has 0 aromatic carbocycles. The number of nitrogens with zero attached hydrogens (tertiary/aromatic N) is 1. The lowest BCUT2D eigenvalue weighted by Gasteiger charge is -2.38. The van der Waals surface area contributed by atoms with E-state index >= 15 is 0 Å². The Bertz CT molecular complexity index is 251. The van der Waals surface area contributed by atoms with E-state index in [0.29, 0.717) is 5.92 Å². The Balaban J connectivity index is 2.65. The van der Waals surface area contributed by atoms with Gasteiger partial charge in [-0.15, -0.1) is 0 Å². The van der Waals surface area contributed by atoms with E-state index in [1.807, 2.05) is 6.26 Å². The molecule has 0 saturated heterocycles. The predicted octanol–water partition coefficient (Wildman–Crippen LogP) is 3.21. The summed E-state index contributed by atoms with van der Waals surface area (Å²) in [6.07, 6.45) is 7.62. The number of hydrogen-bond donors (Lipinski definition) is 1. The third kappa shape index (κ3) is 3.15. The Labute approximate surface area is 103 Å². The highest BCUT2D eigenvalue weighted by Crippen LogP contribution is 2.43. The molecule has 1 fully saturated rings. The fraction of sp³-hybridized carbons (Fsp3) is 0.923. The van der Waals surface area contributed by atoms with Gasteiger partial charge in [0.1, 0.15) is 0 Å². The summed E-state index contributed by atoms with van der Waals surface area (Å²) in [5.74, 6) is 1.58. The first kappa shape index (κ1) is 13.9. The van der Waals surface area contributed by atoms with Gasteiger partial charge in [0.2, 0.25) is 0 Å². The third-order valence-electron chi connectivity index (χ3n) is 3.92. The van der Waals surface area contributed by atoms with Crippen LogP contribution in [0.2, 0.25) is 0 Å². The van der Waals surface area contributed by atoms with Gasteiger partial charge in [-0.05, 0) is 37.2 Å². The van der Waals surface area contributed by atoms with Crippen LogP contribution in [0, 0.1) is 22.7 Å². The summed E-state index contributed by atoms with van der Waals surface area (Å²) < 4.78 is 0. The second kappa shape index (κ2) is 6.51. The van der Waals surface area contributed by atoms with E-state index < -0.39 is 11.5 Å². The lowest BCUT2D eigenvalue weighted by Crippen LogP contribution is -2.38. The molecule has 3 atom stereocenters. The normalized spacial score (nSPS) is 32.0. The molecule has 16 heavy (non-hydrogen) atoms. The van der Waals surface area contributed by atoms with Crippen molar-refractivity contribution in [3.63, 3.8) is 0 Å². The zero-order valence-electron chi connectivity index (χ0n) is 10.4. The molecule has 0 heterocycles. The lowest BCUT2D eigenvalue weighted by atomic mass is 9.66. The summed E-state index contributed by atoms with van der Waals surface area (Å²) >= 11 is 1.74. The molecule has 0 aromatic rings. The van der Waals surface area contributed by atoms with E-state index in [9.17, 15) is 10.4 Å². The Kier molecular flexibility index (Phi) is 5.64. The molecule has 1 saturated carbocycles. The van der Waals surface area contributed by atoms with Crippen LogP contribution in [-0.4, -0.2) is 23.2 Å². The van der Waals surface area contributed by atoms with Crippen LogP contribution in [0.5, 0.6) is 0 Å². The largest absolute Gasteiger partial charge is 0.391 e. The minimum absolute atomic E-state index is 0.431. The molecule has 3 unspecified atom stereocenters. The molecular formula is C13H23NOS. The van der Waals surface area contributed by atoms with Crippen LogP contribution < -0.4 is 0 Å². The number of hydrogen-bond acceptors (Lipinski definition) is 3. The smallest absolute Gasteiger partial charge is 0.0835 e. The Morgan fingerprint density at radius 1 is 1.62 bits per heavy atom. The van der Waals surface area contributed by atoms with Crippen LogP contribution in [0.15, 0.2) is 0 Å². The van der Waals surface area contributed by atoms with Crippen LogP contribution in [0.4, 0.5) is 0 Å². The Hall–Kier alpha value is -0.200. The van der Waals surface area contributed by atoms with E-state index in [-0.39, 0.29) is 0 Å². The highest BCUT2D eigenvalue weighted by atomic mass is 32.2. The predicted molar refractivity (Wildman–Crippen MR) is 69.3 cm³/mol. The second-order valence-electron chi connectivity index (χ2n) is 4.94. The maximum absolute atomic E-state index is 10.2. The van der Waals surface area contributed by atoms with Gasteiger partial charge in [0.15, 0.2) is 0 Å². The van der Waals surface area contributed by atoms with Gasteiger partial charge in [-0.1, -0.05) is 26.2 Å². The summed E-state index contributed by atoms with van der Waals surface area (Å²) in [7, 11) is 0. The lowest BCUT2D eigenvalue weighted by molar-refractivity contribution is 0.0184. The summed E-state index contributed by atoms with van der Waals surface area (Å²) in [5, 5.41) is 19.6. The Morgan fingerprint density at radius 3 is 2.94 bits per heavy atom. The van der Waals surface area contributed by atoms with Crippen molar-refractivity contribution in [1.82, 2.24) is 0 Å². The molecule has 3 heteroatoms. The number of nitriles is 1. The van der Waals surface area contributed by atoms with Crippen LogP contribution in [0.3, 0.4) is 0 Å². The van der Waals surface area contributed by atoms with Crippen LogP contribution >= 0.6 is 11.8 Å². The van der Waals surface area contributed by atoms with Gasteiger partial charge in [0, 0.05) is 0 Å². The second-order valence-corrected chi connectivity index (χ2v) is 5.92. The molecule has 0 aliphatic heterocycles. The number of aliphatic hydroxyl groups excluding tert-OH is 1. The van der Waals surface area contributed by atoms with Crippen molar-refractivity contribution in [3.05, 3.63) is 0 Å². The summed E-state index contributed by atoms with van der Waals surface area (Å²) in [5.41, 5.74) is -0.450. The molecule has 1 aliphatic carbocycles. The van der Waals surface area contributed by atoms with Crippen molar-refractivity contribution < 1.29 is 5.11 Å². The van der Waals surface area contributed by atoms with Gasteiger partial charge in [0.25, 0.3) is 0 Å². The van der Waals surface area contributed by atoms with Crippen molar-refractivity contribution >= 4 is 11.8 Å². The van der Waals surface area contributed by atoms with Crippen molar-refractivity contribution in [2.75, 3.05) is 12.0 Å². The van der Waals surface area contributed by atoms with Gasteiger partial charge >= 0.3 is 0 Å². The van der Waals surface area contributed by atoms with Gasteiger partial charge in [0.05, 0.1) is 17.6 Å². The average Bonchev–Trinajstić information content (AvgIpc) is 2.35. The van der Waals surface area contributed by atoms with Crippen LogP contribution in [-0.2, 0) is 0 Å². The van der Waals surface area contributed by atoms with Crippen LogP contribution in [0.25, 0.3) is 0 Å². The SMILES string of the molecule is CCC1CCCC(C#N)(C(O)CCSC)C1. The molecule has 1 N–H and O–H groups in total. The van der Waals surface area contributed by atoms with Crippen molar-refractivity contribution in [2.45, 2.75) is 51.6 Å². The van der Waals surface area contributed by atoms with Gasteiger partial charge in [-0.25, -0.2) is 0 Å². The summed E-state index contributed by atoms with van der Waals surface area (Å²) in [6, 6.07) is 2.43. The molecule has 1 rings (SSSR count). The van der Waals surface area contributed by atoms with E-state index in [0.717, 1.165) is 37.9 Å². The summed E-state index contributed by atoms with van der Waals surface area (Å²) in [4.78, 5) is 0. The minimum Gasteiger partial charge on any atom is -0.391 e. The topological polar surface area (TPSA) is 44.0 Å². The van der Waals surface area contributed by atoms with Crippen molar-refractivity contribution in [3.8, 4) is 6.07 Å². The molecule has 0 aromatic heterocycles. The van der Waals surface area contributed by atoms with Gasteiger partial charge in [-0.2, -0.15) is 17.0 Å². The molecule has 0 amide bonds. The third-order valence-corrected chi connectivity index (χ3v) is 4.57. The fourth-order valence-corrected chi connectivity index (χ4v) is 3.22. The fourth-order valence-electron chi connectivity index (χ4n) is 2.76. The number of thioether (sulfide) groups is 1. The zero-order valence-corrected chi connectivity index (χ0v) is 11.2. The quantitative estimate of drug-likeness (QED) is 0.804. The molecule has 0 spiro atoms. The van der Waals surface area contributed by atoms with Crippen LogP contribution in [0.1, 0.15) is 45.4 Å². The first-order chi connectivity index (χ1) is 7.68. The monoisotopic (exact) mass is 241 g/mol. The number of aliphatic hydroxyl groups is 1. The first-order valence-electron chi connectivity index (χ1n) is 6.26. The van der Waals surface area contributed by atoms with Crippen molar-refractivity contribution in [2.24, 2.45) is 11.3 Å². The van der Waals surface area contributed by atoms with E-state index in [4.69, 9.17) is 0 Å². The molecule has 0 bridgehead atoms. The number of rotatable bonds is 5. The molecule has 92 valence electrons. The molecule has 1 aliphatic rings. The maximum Gasteiger partial charge on any atom is 0.0835 e. The minimum atomic E-state index is -0.450. The van der Waals surface area contributed by atoms with Gasteiger partial charge < -0.3 is 5.11 Å². The van der Waals surface area contributed by atoms with E-state index in [2.05, 4.69) is 13.0 Å². The maximum atomic E-state index is 10.2. The highest BCUT2D eigenvalue weighted by Gasteiger charge is 2.41. The summed E-state index contributed by atoms with van der Waals surface area (Å²) in [6.45, 7) is 2.19. The van der Waals surface area contributed by atoms with E-state index in [1.165, 1.54) is 6.42 Å². The zero-order chi connectivity index (χ0) is 12.0. The standard InChI is InChI=1S/C13H23NOS/c1-3-11-5-4-7-13(9-11,10-14)12(15)6-8-16-2/h11-12,15H,3-9H2,1-2H3. The van der Waals surface area contributed by atoms with E-state index in [1.54, 1.807) is 11.8 Å².